The summed E-state index contributed by atoms with van der Waals surface area (Å²) in [5.41, 5.74) is 7.90. The number of aryl methyl sites for hydroxylation is 1. The quantitative estimate of drug-likeness (QED) is 0.769. The molecule has 4 heteroatoms. The van der Waals surface area contributed by atoms with Gasteiger partial charge in [0.15, 0.2) is 5.78 Å². The lowest BCUT2D eigenvalue weighted by molar-refractivity contribution is 0.100. The average molecular weight is 218 g/mol. The van der Waals surface area contributed by atoms with E-state index in [0.717, 1.165) is 22.2 Å². The SMILES string of the molecule is COc1ccc2[nH]cc(C(=O)CN)c2c1C. The van der Waals surface area contributed by atoms with E-state index in [2.05, 4.69) is 4.98 Å². The standard InChI is InChI=1S/C12H14N2O2/c1-7-11(16-2)4-3-9-12(7)8(6-14-9)10(15)5-13/h3-4,6,14H,5,13H2,1-2H3. The highest BCUT2D eigenvalue weighted by atomic mass is 16.5. The molecule has 1 aromatic heterocycles. The number of carbonyl (C=O) groups excluding carboxylic acids is 1. The topological polar surface area (TPSA) is 68.1 Å². The van der Waals surface area contributed by atoms with Crippen LogP contribution in [-0.4, -0.2) is 24.4 Å². The molecule has 1 aromatic carbocycles. The molecule has 0 aliphatic carbocycles. The summed E-state index contributed by atoms with van der Waals surface area (Å²) < 4.78 is 5.23. The number of carbonyl (C=O) groups is 1. The van der Waals surface area contributed by atoms with Crippen molar-refractivity contribution in [3.05, 3.63) is 29.5 Å². The molecular weight excluding hydrogens is 204 g/mol. The fourth-order valence-corrected chi connectivity index (χ4v) is 1.93. The Morgan fingerprint density at radius 3 is 2.88 bits per heavy atom. The molecule has 0 fully saturated rings. The summed E-state index contributed by atoms with van der Waals surface area (Å²) in [5.74, 6) is 0.709. The fourth-order valence-electron chi connectivity index (χ4n) is 1.93. The Bertz CT molecular complexity index is 543. The van der Waals surface area contributed by atoms with Gasteiger partial charge in [-0.3, -0.25) is 4.79 Å². The fraction of sp³-hybridized carbons (Fsp3) is 0.250. The first-order chi connectivity index (χ1) is 7.69. The first-order valence-corrected chi connectivity index (χ1v) is 5.07. The molecule has 4 nitrogen and oxygen atoms in total. The average Bonchev–Trinajstić information content (AvgIpc) is 2.73. The lowest BCUT2D eigenvalue weighted by Gasteiger charge is -2.06. The molecule has 1 heterocycles. The number of aromatic amines is 1. The summed E-state index contributed by atoms with van der Waals surface area (Å²) in [6.07, 6.45) is 1.70. The van der Waals surface area contributed by atoms with E-state index < -0.39 is 0 Å². The molecule has 16 heavy (non-hydrogen) atoms. The second kappa shape index (κ2) is 3.98. The van der Waals surface area contributed by atoms with Crippen LogP contribution in [0, 0.1) is 6.92 Å². The van der Waals surface area contributed by atoms with Crippen molar-refractivity contribution in [2.75, 3.05) is 13.7 Å². The number of Topliss-reactive ketones (excluding diaryl/α,β-unsaturated/α-hetero) is 1. The van der Waals surface area contributed by atoms with Gasteiger partial charge in [0.05, 0.1) is 13.7 Å². The Morgan fingerprint density at radius 1 is 1.50 bits per heavy atom. The Balaban J connectivity index is 2.73. The summed E-state index contributed by atoms with van der Waals surface area (Å²) in [6, 6.07) is 3.78. The number of ether oxygens (including phenoxy) is 1. The van der Waals surface area contributed by atoms with Crippen LogP contribution in [0.25, 0.3) is 10.9 Å². The maximum Gasteiger partial charge on any atom is 0.178 e. The van der Waals surface area contributed by atoms with Gasteiger partial charge < -0.3 is 15.5 Å². The Kier molecular flexibility index (Phi) is 2.66. The van der Waals surface area contributed by atoms with Crippen LogP contribution in [-0.2, 0) is 0 Å². The van der Waals surface area contributed by atoms with Gasteiger partial charge in [-0.1, -0.05) is 0 Å². The second-order valence-electron chi connectivity index (χ2n) is 3.65. The van der Waals surface area contributed by atoms with Gasteiger partial charge in [0.25, 0.3) is 0 Å². The summed E-state index contributed by atoms with van der Waals surface area (Å²) in [5, 5.41) is 0.898. The first kappa shape index (κ1) is 10.7. The van der Waals surface area contributed by atoms with Crippen LogP contribution in [0.2, 0.25) is 0 Å². The van der Waals surface area contributed by atoms with E-state index >= 15 is 0 Å². The van der Waals surface area contributed by atoms with E-state index in [1.165, 1.54) is 0 Å². The number of aromatic nitrogens is 1. The molecule has 0 spiro atoms. The molecule has 0 amide bonds. The molecule has 84 valence electrons. The zero-order chi connectivity index (χ0) is 11.7. The molecule has 0 aliphatic heterocycles. The van der Waals surface area contributed by atoms with Gasteiger partial charge in [-0.2, -0.15) is 0 Å². The third-order valence-electron chi connectivity index (χ3n) is 2.76. The Morgan fingerprint density at radius 2 is 2.25 bits per heavy atom. The first-order valence-electron chi connectivity index (χ1n) is 5.07. The van der Waals surface area contributed by atoms with Gasteiger partial charge in [0.1, 0.15) is 5.75 Å². The molecule has 0 unspecified atom stereocenters. The molecule has 0 saturated heterocycles. The lowest BCUT2D eigenvalue weighted by Crippen LogP contribution is -2.13. The summed E-state index contributed by atoms with van der Waals surface area (Å²) >= 11 is 0. The molecule has 2 rings (SSSR count). The normalized spacial score (nSPS) is 10.7. The molecule has 0 radical (unpaired) electrons. The number of ketones is 1. The van der Waals surface area contributed by atoms with Crippen molar-refractivity contribution in [3.8, 4) is 5.75 Å². The van der Waals surface area contributed by atoms with Crippen LogP contribution in [0.4, 0.5) is 0 Å². The van der Waals surface area contributed by atoms with Crippen molar-refractivity contribution >= 4 is 16.7 Å². The van der Waals surface area contributed by atoms with Crippen molar-refractivity contribution in [2.24, 2.45) is 5.73 Å². The molecule has 2 aromatic rings. The Hall–Kier alpha value is -1.81. The molecule has 0 bridgehead atoms. The molecule has 0 atom stereocenters. The minimum atomic E-state index is -0.0670. The maximum atomic E-state index is 11.7. The largest absolute Gasteiger partial charge is 0.496 e. The zero-order valence-corrected chi connectivity index (χ0v) is 9.33. The summed E-state index contributed by atoms with van der Waals surface area (Å²) in [7, 11) is 1.62. The van der Waals surface area contributed by atoms with Crippen molar-refractivity contribution in [1.29, 1.82) is 0 Å². The van der Waals surface area contributed by atoms with E-state index in [1.54, 1.807) is 13.3 Å². The number of rotatable bonds is 3. The lowest BCUT2D eigenvalue weighted by atomic mass is 10.0. The van der Waals surface area contributed by atoms with E-state index in [-0.39, 0.29) is 12.3 Å². The second-order valence-corrected chi connectivity index (χ2v) is 3.65. The van der Waals surface area contributed by atoms with E-state index in [4.69, 9.17) is 10.5 Å². The monoisotopic (exact) mass is 218 g/mol. The summed E-state index contributed by atoms with van der Waals surface area (Å²) in [4.78, 5) is 14.7. The van der Waals surface area contributed by atoms with Gasteiger partial charge in [0, 0.05) is 28.2 Å². The van der Waals surface area contributed by atoms with Crippen LogP contribution in [0.5, 0.6) is 5.75 Å². The third kappa shape index (κ3) is 1.47. The van der Waals surface area contributed by atoms with Gasteiger partial charge >= 0.3 is 0 Å². The van der Waals surface area contributed by atoms with Crippen molar-refractivity contribution in [1.82, 2.24) is 4.98 Å². The van der Waals surface area contributed by atoms with Gasteiger partial charge in [0.2, 0.25) is 0 Å². The van der Waals surface area contributed by atoms with Gasteiger partial charge in [-0.15, -0.1) is 0 Å². The van der Waals surface area contributed by atoms with Gasteiger partial charge in [-0.25, -0.2) is 0 Å². The summed E-state index contributed by atoms with van der Waals surface area (Å²) in [6.45, 7) is 1.95. The van der Waals surface area contributed by atoms with Crippen LogP contribution in [0.1, 0.15) is 15.9 Å². The molecule has 0 saturated carbocycles. The van der Waals surface area contributed by atoms with E-state index in [1.807, 2.05) is 19.1 Å². The predicted molar refractivity (Wildman–Crippen MR) is 63.0 cm³/mol. The van der Waals surface area contributed by atoms with Crippen LogP contribution < -0.4 is 10.5 Å². The number of fused-ring (bicyclic) bond motifs is 1. The highest BCUT2D eigenvalue weighted by molar-refractivity contribution is 6.10. The Labute approximate surface area is 93.4 Å². The van der Waals surface area contributed by atoms with Crippen LogP contribution in [0.3, 0.4) is 0 Å². The van der Waals surface area contributed by atoms with Crippen molar-refractivity contribution in [3.63, 3.8) is 0 Å². The number of hydrogen-bond donors (Lipinski definition) is 2. The number of methoxy groups -OCH3 is 1. The smallest absolute Gasteiger partial charge is 0.178 e. The highest BCUT2D eigenvalue weighted by Crippen LogP contribution is 2.29. The van der Waals surface area contributed by atoms with E-state index in [9.17, 15) is 4.79 Å². The number of nitrogens with two attached hydrogens (primary N) is 1. The number of nitrogens with one attached hydrogen (secondary N) is 1. The molecule has 3 N–H and O–H groups in total. The van der Waals surface area contributed by atoms with Crippen LogP contribution >= 0.6 is 0 Å². The minimum absolute atomic E-state index is 0.0175. The van der Waals surface area contributed by atoms with E-state index in [0.29, 0.717) is 5.56 Å². The van der Waals surface area contributed by atoms with Gasteiger partial charge in [-0.05, 0) is 19.1 Å². The number of hydrogen-bond acceptors (Lipinski definition) is 3. The van der Waals surface area contributed by atoms with Crippen molar-refractivity contribution in [2.45, 2.75) is 6.92 Å². The molecule has 0 aliphatic rings. The maximum absolute atomic E-state index is 11.7. The zero-order valence-electron chi connectivity index (χ0n) is 9.33. The highest BCUT2D eigenvalue weighted by Gasteiger charge is 2.14. The number of benzene rings is 1. The predicted octanol–water partition coefficient (Wildman–Crippen LogP) is 1.63. The molecular formula is C12H14N2O2. The minimum Gasteiger partial charge on any atom is -0.496 e. The van der Waals surface area contributed by atoms with Crippen molar-refractivity contribution < 1.29 is 9.53 Å². The van der Waals surface area contributed by atoms with Crippen LogP contribution in [0.15, 0.2) is 18.3 Å². The number of H-pyrrole nitrogens is 1. The third-order valence-corrected chi connectivity index (χ3v) is 2.76.